The van der Waals surface area contributed by atoms with Gasteiger partial charge in [-0.15, -0.1) is 0 Å². The average Bonchev–Trinajstić information content (AvgIpc) is 2.79. The minimum Gasteiger partial charge on any atom is -0.373 e. The van der Waals surface area contributed by atoms with Crippen molar-refractivity contribution in [3.05, 3.63) is 60.2 Å². The molecular weight excluding hydrogens is 352 g/mol. The molecule has 0 bridgehead atoms. The number of piperidine rings is 2. The molecule has 0 atom stereocenters. The molecule has 148 valence electrons. The summed E-state index contributed by atoms with van der Waals surface area (Å²) in [5.74, 6) is 0.106. The van der Waals surface area contributed by atoms with Gasteiger partial charge in [0, 0.05) is 57.0 Å². The molecule has 2 aliphatic heterocycles. The van der Waals surface area contributed by atoms with E-state index in [2.05, 4.69) is 20.9 Å². The van der Waals surface area contributed by atoms with Crippen LogP contribution in [-0.4, -0.2) is 64.0 Å². The first kappa shape index (κ1) is 19.0. The zero-order valence-corrected chi connectivity index (χ0v) is 16.2. The van der Waals surface area contributed by atoms with Crippen LogP contribution in [0.1, 0.15) is 41.6 Å². The number of likely N-dealkylation sites (tertiary alicyclic amines) is 2. The lowest BCUT2D eigenvalue weighted by molar-refractivity contribution is -0.0171. The minimum absolute atomic E-state index is 0.106. The van der Waals surface area contributed by atoms with E-state index in [4.69, 9.17) is 4.74 Å². The maximum atomic E-state index is 12.6. The van der Waals surface area contributed by atoms with E-state index in [9.17, 15) is 4.79 Å². The fourth-order valence-corrected chi connectivity index (χ4v) is 4.21. The number of rotatable bonds is 5. The molecule has 2 aromatic heterocycles. The predicted molar refractivity (Wildman–Crippen MR) is 107 cm³/mol. The maximum Gasteiger partial charge on any atom is 0.255 e. The summed E-state index contributed by atoms with van der Waals surface area (Å²) in [5.41, 5.74) is 1.82. The zero-order valence-electron chi connectivity index (χ0n) is 16.2. The summed E-state index contributed by atoms with van der Waals surface area (Å²) in [7, 11) is 0. The van der Waals surface area contributed by atoms with E-state index < -0.39 is 0 Å². The monoisotopic (exact) mass is 380 g/mol. The van der Waals surface area contributed by atoms with E-state index in [0.29, 0.717) is 24.3 Å². The first-order chi connectivity index (χ1) is 13.8. The van der Waals surface area contributed by atoms with Crippen molar-refractivity contribution in [1.82, 2.24) is 19.8 Å². The highest BCUT2D eigenvalue weighted by molar-refractivity contribution is 5.93. The van der Waals surface area contributed by atoms with Gasteiger partial charge < -0.3 is 14.5 Å². The van der Waals surface area contributed by atoms with Crippen LogP contribution in [0.2, 0.25) is 0 Å². The normalized spacial score (nSPS) is 19.6. The number of nitrogens with zero attached hydrogens (tertiary/aromatic N) is 4. The third-order valence-electron chi connectivity index (χ3n) is 5.86. The van der Waals surface area contributed by atoms with Crippen LogP contribution in [0.5, 0.6) is 0 Å². The van der Waals surface area contributed by atoms with Gasteiger partial charge in [0.25, 0.3) is 5.91 Å². The molecule has 0 aromatic carbocycles. The van der Waals surface area contributed by atoms with Gasteiger partial charge in [-0.2, -0.15) is 0 Å². The Kier molecular flexibility index (Phi) is 6.29. The molecular formula is C22H28N4O2. The van der Waals surface area contributed by atoms with Crippen molar-refractivity contribution in [2.24, 2.45) is 0 Å². The molecule has 2 aliphatic rings. The number of carbonyl (C=O) groups excluding carboxylic acids is 1. The van der Waals surface area contributed by atoms with Crippen LogP contribution in [0.4, 0.5) is 0 Å². The Hall–Kier alpha value is -2.31. The van der Waals surface area contributed by atoms with Gasteiger partial charge in [-0.05, 0) is 49.4 Å². The molecule has 4 heterocycles. The van der Waals surface area contributed by atoms with Crippen molar-refractivity contribution in [3.8, 4) is 0 Å². The van der Waals surface area contributed by atoms with E-state index in [1.54, 1.807) is 18.6 Å². The second-order valence-corrected chi connectivity index (χ2v) is 7.67. The molecule has 0 aliphatic carbocycles. The summed E-state index contributed by atoms with van der Waals surface area (Å²) in [6.07, 6.45) is 11.6. The Morgan fingerprint density at radius 3 is 2.32 bits per heavy atom. The number of aromatic nitrogens is 2. The first-order valence-corrected chi connectivity index (χ1v) is 10.2. The van der Waals surface area contributed by atoms with E-state index in [0.717, 1.165) is 57.4 Å². The van der Waals surface area contributed by atoms with Crippen LogP contribution >= 0.6 is 0 Å². The fourth-order valence-electron chi connectivity index (χ4n) is 4.21. The molecule has 2 fully saturated rings. The average molecular weight is 380 g/mol. The van der Waals surface area contributed by atoms with Crippen molar-refractivity contribution >= 4 is 5.91 Å². The molecule has 0 N–H and O–H groups in total. The van der Waals surface area contributed by atoms with E-state index in [1.165, 1.54) is 0 Å². The third-order valence-corrected chi connectivity index (χ3v) is 5.86. The second kappa shape index (κ2) is 9.26. The maximum absolute atomic E-state index is 12.6. The number of carbonyl (C=O) groups is 1. The Morgan fingerprint density at radius 1 is 0.964 bits per heavy atom. The largest absolute Gasteiger partial charge is 0.373 e. The molecule has 0 unspecified atom stereocenters. The van der Waals surface area contributed by atoms with Gasteiger partial charge in [-0.1, -0.05) is 6.07 Å². The highest BCUT2D eigenvalue weighted by atomic mass is 16.5. The minimum atomic E-state index is 0.106. The van der Waals surface area contributed by atoms with Gasteiger partial charge in [0.05, 0.1) is 18.3 Å². The molecule has 2 saturated heterocycles. The number of hydrogen-bond donors (Lipinski definition) is 0. The molecule has 6 heteroatoms. The van der Waals surface area contributed by atoms with Crippen LogP contribution in [0, 0.1) is 0 Å². The molecule has 2 aromatic rings. The first-order valence-electron chi connectivity index (χ1n) is 10.2. The highest BCUT2D eigenvalue weighted by Crippen LogP contribution is 2.23. The lowest BCUT2D eigenvalue weighted by atomic mass is 9.98. The molecule has 0 saturated carbocycles. The zero-order chi connectivity index (χ0) is 19.2. The van der Waals surface area contributed by atoms with E-state index >= 15 is 0 Å². The Bertz CT molecular complexity index is 740. The lowest BCUT2D eigenvalue weighted by Crippen LogP contribution is -2.49. The molecule has 1 amide bonds. The van der Waals surface area contributed by atoms with Crippen molar-refractivity contribution < 1.29 is 9.53 Å². The second-order valence-electron chi connectivity index (χ2n) is 7.67. The molecule has 0 spiro atoms. The Balaban J connectivity index is 1.19. The van der Waals surface area contributed by atoms with Crippen LogP contribution < -0.4 is 0 Å². The summed E-state index contributed by atoms with van der Waals surface area (Å²) in [6.45, 7) is 4.47. The standard InChI is InChI=1S/C22H28N4O2/c27-22(19-4-2-10-24-16-19)26-11-5-20(6-12-26)25-13-7-21(8-14-25)28-17-18-3-1-9-23-15-18/h1-4,9-10,15-16,20-21H,5-8,11-14,17H2. The topological polar surface area (TPSA) is 58.6 Å². The van der Waals surface area contributed by atoms with E-state index in [-0.39, 0.29) is 5.91 Å². The van der Waals surface area contributed by atoms with Crippen LogP contribution in [0.3, 0.4) is 0 Å². The summed E-state index contributed by atoms with van der Waals surface area (Å²) in [4.78, 5) is 25.3. The van der Waals surface area contributed by atoms with Crippen LogP contribution in [0.25, 0.3) is 0 Å². The number of amides is 1. The molecule has 0 radical (unpaired) electrons. The van der Waals surface area contributed by atoms with Gasteiger partial charge in [-0.25, -0.2) is 0 Å². The summed E-state index contributed by atoms with van der Waals surface area (Å²) in [5, 5.41) is 0. The molecule has 6 nitrogen and oxygen atoms in total. The summed E-state index contributed by atoms with van der Waals surface area (Å²) < 4.78 is 6.08. The van der Waals surface area contributed by atoms with Gasteiger partial charge in [-0.3, -0.25) is 14.8 Å². The van der Waals surface area contributed by atoms with Gasteiger partial charge in [0.15, 0.2) is 0 Å². The number of hydrogen-bond acceptors (Lipinski definition) is 5. The quantitative estimate of drug-likeness (QED) is 0.798. The SMILES string of the molecule is O=C(c1cccnc1)N1CCC(N2CCC(OCc3cccnc3)CC2)CC1. The fraction of sp³-hybridized carbons (Fsp3) is 0.500. The van der Waals surface area contributed by atoms with Crippen LogP contribution in [-0.2, 0) is 11.3 Å². The van der Waals surface area contributed by atoms with Gasteiger partial charge in [0.1, 0.15) is 0 Å². The van der Waals surface area contributed by atoms with Gasteiger partial charge in [0.2, 0.25) is 0 Å². The Labute approximate surface area is 166 Å². The smallest absolute Gasteiger partial charge is 0.255 e. The number of ether oxygens (including phenoxy) is 1. The van der Waals surface area contributed by atoms with Gasteiger partial charge >= 0.3 is 0 Å². The van der Waals surface area contributed by atoms with Crippen LogP contribution in [0.15, 0.2) is 49.1 Å². The summed E-state index contributed by atoms with van der Waals surface area (Å²) in [6, 6.07) is 8.26. The predicted octanol–water partition coefficient (Wildman–Crippen LogP) is 2.76. The molecule has 28 heavy (non-hydrogen) atoms. The van der Waals surface area contributed by atoms with Crippen molar-refractivity contribution in [3.63, 3.8) is 0 Å². The molecule has 4 rings (SSSR count). The lowest BCUT2D eigenvalue weighted by Gasteiger charge is -2.41. The summed E-state index contributed by atoms with van der Waals surface area (Å²) >= 11 is 0. The van der Waals surface area contributed by atoms with Crippen molar-refractivity contribution in [1.29, 1.82) is 0 Å². The Morgan fingerprint density at radius 2 is 1.68 bits per heavy atom. The van der Waals surface area contributed by atoms with Crippen molar-refractivity contribution in [2.45, 2.75) is 44.4 Å². The van der Waals surface area contributed by atoms with Crippen molar-refractivity contribution in [2.75, 3.05) is 26.2 Å². The highest BCUT2D eigenvalue weighted by Gasteiger charge is 2.30. The third kappa shape index (κ3) is 4.75. The van der Waals surface area contributed by atoms with E-state index in [1.807, 2.05) is 29.3 Å². The number of pyridine rings is 2.